The Hall–Kier alpha value is -2.76. The molecular formula is C20H18ClN3O2. The number of fused-ring (bicyclic) bond motifs is 1. The smallest absolute Gasteiger partial charge is 0.273 e. The number of nitrogens with zero attached hydrogens (tertiary/aromatic N) is 2. The Labute approximate surface area is 156 Å². The molecule has 0 spiro atoms. The van der Waals surface area contributed by atoms with Crippen molar-refractivity contribution in [2.45, 2.75) is 13.0 Å². The Bertz CT molecular complexity index is 958. The fourth-order valence-electron chi connectivity index (χ4n) is 2.63. The molecule has 3 aromatic rings. The van der Waals surface area contributed by atoms with Crippen molar-refractivity contribution < 1.29 is 9.53 Å². The van der Waals surface area contributed by atoms with E-state index in [-0.39, 0.29) is 5.91 Å². The van der Waals surface area contributed by atoms with Crippen molar-refractivity contribution >= 4 is 34.6 Å². The largest absolute Gasteiger partial charge is 0.367 e. The molecule has 1 amide bonds. The molecule has 132 valence electrons. The van der Waals surface area contributed by atoms with Gasteiger partial charge in [-0.2, -0.15) is 5.10 Å². The Morgan fingerprint density at radius 3 is 2.73 bits per heavy atom. The first-order valence-corrected chi connectivity index (χ1v) is 8.44. The van der Waals surface area contributed by atoms with Crippen molar-refractivity contribution in [3.8, 4) is 0 Å². The Morgan fingerprint density at radius 1 is 1.23 bits per heavy atom. The molecule has 0 saturated carbocycles. The van der Waals surface area contributed by atoms with Gasteiger partial charge in [-0.05, 0) is 30.7 Å². The zero-order chi connectivity index (χ0) is 18.5. The van der Waals surface area contributed by atoms with E-state index in [0.29, 0.717) is 10.7 Å². The molecule has 2 aromatic carbocycles. The van der Waals surface area contributed by atoms with E-state index in [1.54, 1.807) is 0 Å². The van der Waals surface area contributed by atoms with Gasteiger partial charge in [0.2, 0.25) is 0 Å². The fourth-order valence-corrected chi connectivity index (χ4v) is 2.82. The van der Waals surface area contributed by atoms with Crippen molar-refractivity contribution in [3.05, 3.63) is 76.4 Å². The van der Waals surface area contributed by atoms with E-state index in [9.17, 15) is 4.79 Å². The number of nitrogens with one attached hydrogen (secondary N) is 1. The molecule has 6 heteroatoms. The van der Waals surface area contributed by atoms with Crippen molar-refractivity contribution in [2.24, 2.45) is 5.10 Å². The predicted octanol–water partition coefficient (Wildman–Crippen LogP) is 4.03. The zero-order valence-corrected chi connectivity index (χ0v) is 15.2. The van der Waals surface area contributed by atoms with Gasteiger partial charge in [0.05, 0.1) is 11.7 Å². The monoisotopic (exact) mass is 367 g/mol. The number of hydrogen-bond acceptors (Lipinski definition) is 4. The summed E-state index contributed by atoms with van der Waals surface area (Å²) in [5.74, 6) is -0.365. The van der Waals surface area contributed by atoms with E-state index >= 15 is 0 Å². The number of amides is 1. The minimum absolute atomic E-state index is 0.325. The van der Waals surface area contributed by atoms with Gasteiger partial charge >= 0.3 is 0 Å². The number of methoxy groups -OCH3 is 1. The Kier molecular flexibility index (Phi) is 5.61. The molecule has 0 aliphatic carbocycles. The lowest BCUT2D eigenvalue weighted by Crippen LogP contribution is -2.26. The molecule has 5 nitrogen and oxygen atoms in total. The number of hydrogen-bond donors (Lipinski definition) is 1. The van der Waals surface area contributed by atoms with Crippen LogP contribution in [0.25, 0.3) is 10.9 Å². The number of pyridine rings is 1. The standard InChI is InChI=1S/C20H18ClN3O2/c1-13-8-9-17-15(10-13)11-16(19(21)23-17)12-22-24-20(25)18(26-2)14-6-4-3-5-7-14/h3-12,18H,1-2H3,(H,24,25)/b22-12-/t18-/m0/s1. The van der Waals surface area contributed by atoms with Crippen molar-refractivity contribution in [1.29, 1.82) is 0 Å². The highest BCUT2D eigenvalue weighted by Crippen LogP contribution is 2.20. The van der Waals surface area contributed by atoms with Crippen molar-refractivity contribution in [1.82, 2.24) is 10.4 Å². The molecule has 0 unspecified atom stereocenters. The molecule has 3 rings (SSSR count). The molecule has 26 heavy (non-hydrogen) atoms. The van der Waals surface area contributed by atoms with Crippen LogP contribution < -0.4 is 5.43 Å². The molecule has 0 radical (unpaired) electrons. The maximum Gasteiger partial charge on any atom is 0.273 e. The zero-order valence-electron chi connectivity index (χ0n) is 14.4. The average Bonchev–Trinajstić information content (AvgIpc) is 2.64. The molecule has 0 aliphatic heterocycles. The lowest BCUT2D eigenvalue weighted by atomic mass is 10.1. The van der Waals surface area contributed by atoms with Gasteiger partial charge in [-0.1, -0.05) is 53.6 Å². The van der Waals surface area contributed by atoms with Gasteiger partial charge < -0.3 is 4.74 Å². The van der Waals surface area contributed by atoms with Crippen LogP contribution in [0, 0.1) is 6.92 Å². The van der Waals surface area contributed by atoms with E-state index in [2.05, 4.69) is 15.5 Å². The van der Waals surface area contributed by atoms with Crippen LogP contribution in [0.3, 0.4) is 0 Å². The van der Waals surface area contributed by atoms with Crippen LogP contribution in [-0.2, 0) is 9.53 Å². The second kappa shape index (κ2) is 8.08. The molecule has 1 heterocycles. The first-order chi connectivity index (χ1) is 12.6. The third-order valence-electron chi connectivity index (χ3n) is 3.91. The van der Waals surface area contributed by atoms with E-state index < -0.39 is 6.10 Å². The maximum absolute atomic E-state index is 12.3. The Morgan fingerprint density at radius 2 is 2.00 bits per heavy atom. The summed E-state index contributed by atoms with van der Waals surface area (Å²) in [7, 11) is 1.48. The first-order valence-electron chi connectivity index (χ1n) is 8.06. The van der Waals surface area contributed by atoms with Crippen molar-refractivity contribution in [3.63, 3.8) is 0 Å². The highest BCUT2D eigenvalue weighted by Gasteiger charge is 2.19. The van der Waals surface area contributed by atoms with Crippen LogP contribution >= 0.6 is 11.6 Å². The fraction of sp³-hybridized carbons (Fsp3) is 0.150. The number of hydrazone groups is 1. The summed E-state index contributed by atoms with van der Waals surface area (Å²) in [6, 6.07) is 17.0. The third kappa shape index (κ3) is 4.07. The summed E-state index contributed by atoms with van der Waals surface area (Å²) < 4.78 is 5.27. The van der Waals surface area contributed by atoms with Crippen molar-refractivity contribution in [2.75, 3.05) is 7.11 Å². The average molecular weight is 368 g/mol. The van der Waals surface area contributed by atoms with Crippen LogP contribution in [0.15, 0.2) is 59.7 Å². The number of benzene rings is 2. The van der Waals surface area contributed by atoms with Gasteiger partial charge in [0.15, 0.2) is 6.10 Å². The number of carbonyl (C=O) groups is 1. The van der Waals surface area contributed by atoms with Gasteiger partial charge in [0, 0.05) is 18.1 Å². The van der Waals surface area contributed by atoms with Gasteiger partial charge in [-0.25, -0.2) is 10.4 Å². The predicted molar refractivity (Wildman–Crippen MR) is 103 cm³/mol. The van der Waals surface area contributed by atoms with Gasteiger partial charge in [0.25, 0.3) is 5.91 Å². The summed E-state index contributed by atoms with van der Waals surface area (Å²) >= 11 is 6.20. The minimum Gasteiger partial charge on any atom is -0.367 e. The summed E-state index contributed by atoms with van der Waals surface area (Å²) in [5, 5.41) is 5.28. The van der Waals surface area contributed by atoms with Crippen LogP contribution in [-0.4, -0.2) is 24.2 Å². The van der Waals surface area contributed by atoms with Gasteiger partial charge in [0.1, 0.15) is 5.15 Å². The molecule has 0 saturated heterocycles. The number of carbonyl (C=O) groups excluding carboxylic acids is 1. The van der Waals surface area contributed by atoms with E-state index in [4.69, 9.17) is 16.3 Å². The molecular weight excluding hydrogens is 350 g/mol. The quantitative estimate of drug-likeness (QED) is 0.420. The van der Waals surface area contributed by atoms with Gasteiger partial charge in [-0.15, -0.1) is 0 Å². The maximum atomic E-state index is 12.3. The SMILES string of the molecule is CO[C@H](C(=O)N/N=C\c1cc2cc(C)ccc2nc1Cl)c1ccccc1. The van der Waals surface area contributed by atoms with Crippen LogP contribution in [0.4, 0.5) is 0 Å². The summed E-state index contributed by atoms with van der Waals surface area (Å²) in [6.07, 6.45) is 0.744. The number of aryl methyl sites for hydroxylation is 1. The molecule has 1 N–H and O–H groups in total. The summed E-state index contributed by atoms with van der Waals surface area (Å²) in [6.45, 7) is 2.01. The van der Waals surface area contributed by atoms with E-state index in [1.165, 1.54) is 13.3 Å². The number of aromatic nitrogens is 1. The summed E-state index contributed by atoms with van der Waals surface area (Å²) in [5.41, 5.74) is 5.80. The topological polar surface area (TPSA) is 63.6 Å². The number of rotatable bonds is 5. The molecule has 0 bridgehead atoms. The normalized spacial score (nSPS) is 12.4. The number of halogens is 1. The van der Waals surface area contributed by atoms with E-state index in [1.807, 2.05) is 61.5 Å². The third-order valence-corrected chi connectivity index (χ3v) is 4.21. The Balaban J connectivity index is 1.76. The second-order valence-corrected chi connectivity index (χ2v) is 6.18. The number of ether oxygens (including phenoxy) is 1. The summed E-state index contributed by atoms with van der Waals surface area (Å²) in [4.78, 5) is 16.7. The minimum atomic E-state index is -0.735. The van der Waals surface area contributed by atoms with Crippen LogP contribution in [0.1, 0.15) is 22.8 Å². The molecule has 1 aromatic heterocycles. The molecule has 1 atom stereocenters. The molecule has 0 fully saturated rings. The van der Waals surface area contributed by atoms with Crippen LogP contribution in [0.2, 0.25) is 5.15 Å². The van der Waals surface area contributed by atoms with Crippen LogP contribution in [0.5, 0.6) is 0 Å². The van der Waals surface area contributed by atoms with E-state index in [0.717, 1.165) is 22.0 Å². The highest BCUT2D eigenvalue weighted by atomic mass is 35.5. The lowest BCUT2D eigenvalue weighted by Gasteiger charge is -2.13. The second-order valence-electron chi connectivity index (χ2n) is 5.83. The highest BCUT2D eigenvalue weighted by molar-refractivity contribution is 6.32. The molecule has 0 aliphatic rings. The first kappa shape index (κ1) is 18.0. The van der Waals surface area contributed by atoms with Gasteiger partial charge in [-0.3, -0.25) is 4.79 Å². The lowest BCUT2D eigenvalue weighted by molar-refractivity contribution is -0.131.